The molecule has 74 valence electrons. The Morgan fingerprint density at radius 2 is 2.21 bits per heavy atom. The van der Waals surface area contributed by atoms with E-state index in [1.165, 1.54) is 7.11 Å². The van der Waals surface area contributed by atoms with Crippen molar-refractivity contribution in [2.75, 3.05) is 20.7 Å². The highest BCUT2D eigenvalue weighted by Crippen LogP contribution is 2.30. The van der Waals surface area contributed by atoms with Gasteiger partial charge in [0.2, 0.25) is 0 Å². The summed E-state index contributed by atoms with van der Waals surface area (Å²) in [6.45, 7) is 0.746. The SMILES string of the molecule is [2H]C([2H])([2H])Oc1cc2c(cc1OC)CCN=C2. The highest BCUT2D eigenvalue weighted by molar-refractivity contribution is 5.84. The van der Waals surface area contributed by atoms with Crippen molar-refractivity contribution in [3.05, 3.63) is 23.3 Å². The molecule has 0 bridgehead atoms. The Bertz CT molecular complexity index is 455. The summed E-state index contributed by atoms with van der Waals surface area (Å²) >= 11 is 0. The predicted octanol–water partition coefficient (Wildman–Crippen LogP) is 1.68. The number of hydrogen-bond acceptors (Lipinski definition) is 3. The molecule has 1 aromatic carbocycles. The maximum absolute atomic E-state index is 7.10. The van der Waals surface area contributed by atoms with E-state index >= 15 is 0 Å². The number of rotatable bonds is 2. The van der Waals surface area contributed by atoms with Crippen LogP contribution in [-0.4, -0.2) is 26.9 Å². The van der Waals surface area contributed by atoms with E-state index < -0.39 is 7.04 Å². The van der Waals surface area contributed by atoms with Crippen molar-refractivity contribution in [1.29, 1.82) is 0 Å². The van der Waals surface area contributed by atoms with Crippen LogP contribution in [0.5, 0.6) is 11.5 Å². The zero-order chi connectivity index (χ0) is 12.5. The largest absolute Gasteiger partial charge is 0.493 e. The first-order valence-electron chi connectivity index (χ1n) is 5.89. The third kappa shape index (κ3) is 1.45. The summed E-state index contributed by atoms with van der Waals surface area (Å²) in [5, 5.41) is 0. The molecule has 14 heavy (non-hydrogen) atoms. The van der Waals surface area contributed by atoms with Gasteiger partial charge in [-0.05, 0) is 29.7 Å². The van der Waals surface area contributed by atoms with E-state index in [-0.39, 0.29) is 5.75 Å². The van der Waals surface area contributed by atoms with E-state index in [4.69, 9.17) is 13.6 Å². The van der Waals surface area contributed by atoms with Crippen LogP contribution in [0.4, 0.5) is 0 Å². The van der Waals surface area contributed by atoms with E-state index in [0.717, 1.165) is 24.1 Å². The molecule has 1 aliphatic heterocycles. The topological polar surface area (TPSA) is 30.8 Å². The maximum Gasteiger partial charge on any atom is 0.161 e. The van der Waals surface area contributed by atoms with Crippen LogP contribution < -0.4 is 9.47 Å². The lowest BCUT2D eigenvalue weighted by molar-refractivity contribution is 0.354. The first kappa shape index (κ1) is 6.06. The Morgan fingerprint density at radius 1 is 1.36 bits per heavy atom. The van der Waals surface area contributed by atoms with Crippen LogP contribution >= 0.6 is 0 Å². The lowest BCUT2D eigenvalue weighted by atomic mass is 10.0. The fourth-order valence-corrected chi connectivity index (χ4v) is 1.54. The van der Waals surface area contributed by atoms with Gasteiger partial charge in [0.1, 0.15) is 0 Å². The highest BCUT2D eigenvalue weighted by Gasteiger charge is 2.11. The number of benzene rings is 1. The normalized spacial score (nSPS) is 17.6. The first-order chi connectivity index (χ1) is 7.99. The van der Waals surface area contributed by atoms with Crippen LogP contribution in [0.2, 0.25) is 0 Å². The van der Waals surface area contributed by atoms with E-state index in [9.17, 15) is 0 Å². The molecule has 0 unspecified atom stereocenters. The number of nitrogens with zero attached hydrogens (tertiary/aromatic N) is 1. The number of fused-ring (bicyclic) bond motifs is 1. The standard InChI is InChI=1S/C11H13NO2/c1-13-10-5-8-3-4-12-7-9(8)6-11(10)14-2/h5-7H,3-4H2,1-2H3/i2D3. The summed E-state index contributed by atoms with van der Waals surface area (Å²) in [4.78, 5) is 4.15. The molecule has 0 spiro atoms. The summed E-state index contributed by atoms with van der Waals surface area (Å²) in [6.07, 6.45) is 2.56. The minimum atomic E-state index is -2.48. The number of ether oxygens (including phenoxy) is 2. The first-order valence-corrected chi connectivity index (χ1v) is 4.39. The molecule has 1 aliphatic rings. The minimum Gasteiger partial charge on any atom is -0.493 e. The smallest absolute Gasteiger partial charge is 0.161 e. The van der Waals surface area contributed by atoms with Gasteiger partial charge in [-0.1, -0.05) is 0 Å². The Kier molecular flexibility index (Phi) is 1.60. The molecule has 0 aliphatic carbocycles. The van der Waals surface area contributed by atoms with Crippen molar-refractivity contribution in [3.63, 3.8) is 0 Å². The number of aliphatic imine (C=N–C) groups is 1. The zero-order valence-corrected chi connectivity index (χ0v) is 7.91. The number of hydrogen-bond donors (Lipinski definition) is 0. The molecule has 0 atom stereocenters. The molecule has 0 radical (unpaired) electrons. The third-order valence-electron chi connectivity index (χ3n) is 2.28. The van der Waals surface area contributed by atoms with E-state index in [1.54, 1.807) is 12.3 Å². The van der Waals surface area contributed by atoms with Crippen LogP contribution in [0, 0.1) is 0 Å². The third-order valence-corrected chi connectivity index (χ3v) is 2.28. The minimum absolute atomic E-state index is 0.222. The number of methoxy groups -OCH3 is 2. The van der Waals surface area contributed by atoms with Crippen LogP contribution in [0.25, 0.3) is 0 Å². The van der Waals surface area contributed by atoms with Gasteiger partial charge >= 0.3 is 0 Å². The van der Waals surface area contributed by atoms with Gasteiger partial charge in [0.05, 0.1) is 18.3 Å². The van der Waals surface area contributed by atoms with Gasteiger partial charge in [-0.2, -0.15) is 0 Å². The van der Waals surface area contributed by atoms with Crippen molar-refractivity contribution < 1.29 is 13.6 Å². The van der Waals surface area contributed by atoms with Gasteiger partial charge < -0.3 is 9.47 Å². The van der Waals surface area contributed by atoms with E-state index in [0.29, 0.717) is 5.75 Å². The lowest BCUT2D eigenvalue weighted by Crippen LogP contribution is -2.04. The summed E-state index contributed by atoms with van der Waals surface area (Å²) in [6, 6.07) is 3.46. The predicted molar refractivity (Wildman–Crippen MR) is 55.7 cm³/mol. The van der Waals surface area contributed by atoms with E-state index in [1.807, 2.05) is 6.07 Å². The summed E-state index contributed by atoms with van der Waals surface area (Å²) in [5.41, 5.74) is 1.98. The van der Waals surface area contributed by atoms with Crippen LogP contribution in [0.1, 0.15) is 15.2 Å². The molecule has 3 heteroatoms. The quantitative estimate of drug-likeness (QED) is 0.717. The average molecular weight is 194 g/mol. The lowest BCUT2D eigenvalue weighted by Gasteiger charge is -2.14. The summed E-state index contributed by atoms with van der Waals surface area (Å²) < 4.78 is 31.4. The summed E-state index contributed by atoms with van der Waals surface area (Å²) in [7, 11) is -0.988. The van der Waals surface area contributed by atoms with E-state index in [2.05, 4.69) is 4.99 Å². The Balaban J connectivity index is 2.41. The van der Waals surface area contributed by atoms with Crippen molar-refractivity contribution in [1.82, 2.24) is 0 Å². The van der Waals surface area contributed by atoms with Crippen LogP contribution in [0.15, 0.2) is 17.1 Å². The second-order valence-electron chi connectivity index (χ2n) is 3.09. The van der Waals surface area contributed by atoms with Crippen LogP contribution in [-0.2, 0) is 6.42 Å². The van der Waals surface area contributed by atoms with Crippen molar-refractivity contribution in [2.24, 2.45) is 4.99 Å². The summed E-state index contributed by atoms with van der Waals surface area (Å²) in [5.74, 6) is 0.662. The molecular weight excluding hydrogens is 178 g/mol. The molecule has 0 fully saturated rings. The molecule has 1 heterocycles. The Morgan fingerprint density at radius 3 is 3.00 bits per heavy atom. The Labute approximate surface area is 87.6 Å². The van der Waals surface area contributed by atoms with Gasteiger partial charge in [0, 0.05) is 12.8 Å². The molecule has 3 nitrogen and oxygen atoms in total. The highest BCUT2D eigenvalue weighted by atomic mass is 16.5. The van der Waals surface area contributed by atoms with Crippen molar-refractivity contribution in [2.45, 2.75) is 6.42 Å². The second-order valence-corrected chi connectivity index (χ2v) is 3.09. The maximum atomic E-state index is 7.10. The molecule has 2 rings (SSSR count). The van der Waals surface area contributed by atoms with Crippen molar-refractivity contribution >= 4 is 6.21 Å². The van der Waals surface area contributed by atoms with Crippen LogP contribution in [0.3, 0.4) is 0 Å². The average Bonchev–Trinajstić information content (AvgIpc) is 2.26. The second kappa shape index (κ2) is 3.70. The molecular formula is C11H13NO2. The molecule has 1 aromatic rings. The zero-order valence-electron chi connectivity index (χ0n) is 10.9. The molecule has 0 saturated carbocycles. The molecule has 0 aromatic heterocycles. The van der Waals surface area contributed by atoms with Crippen molar-refractivity contribution in [3.8, 4) is 11.5 Å². The van der Waals surface area contributed by atoms with Gasteiger partial charge in [-0.15, -0.1) is 0 Å². The van der Waals surface area contributed by atoms with Gasteiger partial charge in [0.25, 0.3) is 0 Å². The molecule has 0 saturated heterocycles. The van der Waals surface area contributed by atoms with Gasteiger partial charge in [0.15, 0.2) is 11.5 Å². The molecule has 0 amide bonds. The monoisotopic (exact) mass is 194 g/mol. The van der Waals surface area contributed by atoms with Gasteiger partial charge in [-0.25, -0.2) is 0 Å². The Hall–Kier alpha value is -1.51. The fraction of sp³-hybridized carbons (Fsp3) is 0.364. The van der Waals surface area contributed by atoms with Gasteiger partial charge in [-0.3, -0.25) is 4.99 Å². The molecule has 0 N–H and O–H groups in total. The fourth-order valence-electron chi connectivity index (χ4n) is 1.54.